The molecule has 0 heterocycles. The molecule has 49 heavy (non-hydrogen) atoms. The van der Waals surface area contributed by atoms with Crippen molar-refractivity contribution in [2.45, 2.75) is 206 Å². The van der Waals surface area contributed by atoms with Crippen molar-refractivity contribution in [1.82, 2.24) is 0 Å². The lowest BCUT2D eigenvalue weighted by Crippen LogP contribution is -2.28. The van der Waals surface area contributed by atoms with Gasteiger partial charge in [-0.25, -0.2) is 0 Å². The van der Waals surface area contributed by atoms with Crippen LogP contribution in [0, 0.1) is 0 Å². The molecule has 0 aliphatic heterocycles. The first kappa shape index (κ1) is 46.9. The van der Waals surface area contributed by atoms with E-state index in [9.17, 15) is 14.7 Å². The van der Waals surface area contributed by atoms with Crippen molar-refractivity contribution in [3.63, 3.8) is 0 Å². The Kier molecular flexibility index (Phi) is 38.5. The first-order valence-electron chi connectivity index (χ1n) is 20.7. The van der Waals surface area contributed by atoms with Crippen LogP contribution in [-0.2, 0) is 19.1 Å². The van der Waals surface area contributed by atoms with E-state index in [0.717, 1.165) is 64.2 Å². The van der Waals surface area contributed by atoms with E-state index in [1.165, 1.54) is 109 Å². The Morgan fingerprint density at radius 1 is 0.490 bits per heavy atom. The van der Waals surface area contributed by atoms with Crippen molar-refractivity contribution in [3.05, 3.63) is 48.6 Å². The summed E-state index contributed by atoms with van der Waals surface area (Å²) in [5, 5.41) is 9.52. The van der Waals surface area contributed by atoms with Gasteiger partial charge in [-0.2, -0.15) is 0 Å². The number of aliphatic hydroxyl groups excluding tert-OH is 1. The second-order valence-corrected chi connectivity index (χ2v) is 13.7. The maximum absolute atomic E-state index is 12.2. The number of esters is 2. The number of hydrogen-bond acceptors (Lipinski definition) is 5. The molecule has 0 bridgehead atoms. The number of carbonyl (C=O) groups excluding carboxylic acids is 2. The van der Waals surface area contributed by atoms with Crippen molar-refractivity contribution in [1.29, 1.82) is 0 Å². The molecule has 0 amide bonds. The molecule has 1 unspecified atom stereocenters. The molecule has 1 atom stereocenters. The van der Waals surface area contributed by atoms with E-state index in [2.05, 4.69) is 62.5 Å². The zero-order chi connectivity index (χ0) is 35.7. The fourth-order valence-corrected chi connectivity index (χ4v) is 5.78. The van der Waals surface area contributed by atoms with Crippen LogP contribution in [0.5, 0.6) is 0 Å². The summed E-state index contributed by atoms with van der Waals surface area (Å²) >= 11 is 0. The predicted molar refractivity (Wildman–Crippen MR) is 210 cm³/mol. The minimum Gasteiger partial charge on any atom is -0.462 e. The maximum atomic E-state index is 12.2. The van der Waals surface area contributed by atoms with Gasteiger partial charge >= 0.3 is 11.9 Å². The van der Waals surface area contributed by atoms with Gasteiger partial charge in [0.05, 0.1) is 6.61 Å². The van der Waals surface area contributed by atoms with E-state index < -0.39 is 6.10 Å². The number of carbonyl (C=O) groups is 2. The van der Waals surface area contributed by atoms with Crippen molar-refractivity contribution < 1.29 is 24.2 Å². The van der Waals surface area contributed by atoms with E-state index >= 15 is 0 Å². The predicted octanol–water partition coefficient (Wildman–Crippen LogP) is 13.0. The highest BCUT2D eigenvalue weighted by Crippen LogP contribution is 2.15. The van der Waals surface area contributed by atoms with E-state index in [4.69, 9.17) is 9.47 Å². The molecule has 5 heteroatoms. The van der Waals surface area contributed by atoms with Crippen LogP contribution in [0.3, 0.4) is 0 Å². The van der Waals surface area contributed by atoms with E-state index in [0.29, 0.717) is 12.8 Å². The highest BCUT2D eigenvalue weighted by molar-refractivity contribution is 5.70. The van der Waals surface area contributed by atoms with Gasteiger partial charge in [0.25, 0.3) is 0 Å². The van der Waals surface area contributed by atoms with Crippen LogP contribution in [0.15, 0.2) is 48.6 Å². The smallest absolute Gasteiger partial charge is 0.306 e. The number of aliphatic hydroxyl groups is 1. The standard InChI is InChI=1S/C44H78O5/c1-3-5-7-9-11-13-14-15-16-17-18-19-20-21-22-23-24-25-26-27-28-29-30-31-33-35-37-39-44(47)49-42(40-45)41-48-43(46)38-36-34-32-12-10-8-6-4-2/h5,7,11,13,15-16,18-19,42,45H,3-4,6,8-10,12,14,17,20-41H2,1-2H3/b7-5-,13-11-,16-15-,19-18-. The molecule has 0 aliphatic carbocycles. The summed E-state index contributed by atoms with van der Waals surface area (Å²) in [6.45, 7) is 3.99. The van der Waals surface area contributed by atoms with Gasteiger partial charge in [-0.1, -0.05) is 184 Å². The number of unbranched alkanes of at least 4 members (excludes halogenated alkanes) is 21. The van der Waals surface area contributed by atoms with Gasteiger partial charge < -0.3 is 14.6 Å². The molecular weight excluding hydrogens is 608 g/mol. The highest BCUT2D eigenvalue weighted by Gasteiger charge is 2.16. The third kappa shape index (κ3) is 38.5. The van der Waals surface area contributed by atoms with Crippen LogP contribution in [0.4, 0.5) is 0 Å². The summed E-state index contributed by atoms with van der Waals surface area (Å²) < 4.78 is 10.6. The van der Waals surface area contributed by atoms with Crippen LogP contribution in [0.1, 0.15) is 200 Å². The number of rotatable bonds is 37. The molecule has 0 aromatic rings. The van der Waals surface area contributed by atoms with Gasteiger partial charge in [-0.05, 0) is 51.4 Å². The third-order valence-electron chi connectivity index (χ3n) is 8.89. The molecule has 0 aromatic heterocycles. The highest BCUT2D eigenvalue weighted by atomic mass is 16.6. The minimum atomic E-state index is -0.767. The molecule has 0 fully saturated rings. The van der Waals surface area contributed by atoms with Gasteiger partial charge in [-0.15, -0.1) is 0 Å². The fourth-order valence-electron chi connectivity index (χ4n) is 5.78. The molecule has 5 nitrogen and oxygen atoms in total. The number of hydrogen-bond donors (Lipinski definition) is 1. The zero-order valence-electron chi connectivity index (χ0n) is 32.2. The van der Waals surface area contributed by atoms with Crippen molar-refractivity contribution in [2.24, 2.45) is 0 Å². The van der Waals surface area contributed by atoms with Crippen LogP contribution in [0.25, 0.3) is 0 Å². The monoisotopic (exact) mass is 687 g/mol. The van der Waals surface area contributed by atoms with Gasteiger partial charge in [0.15, 0.2) is 6.10 Å². The van der Waals surface area contributed by atoms with Gasteiger partial charge in [0.1, 0.15) is 6.61 Å². The van der Waals surface area contributed by atoms with Crippen molar-refractivity contribution >= 4 is 11.9 Å². The second-order valence-electron chi connectivity index (χ2n) is 13.7. The van der Waals surface area contributed by atoms with Crippen molar-refractivity contribution in [3.8, 4) is 0 Å². The Bertz CT molecular complexity index is 827. The topological polar surface area (TPSA) is 72.8 Å². The first-order chi connectivity index (χ1) is 24.1. The lowest BCUT2D eigenvalue weighted by Gasteiger charge is -2.15. The molecule has 0 saturated heterocycles. The molecule has 284 valence electrons. The lowest BCUT2D eigenvalue weighted by atomic mass is 10.0. The third-order valence-corrected chi connectivity index (χ3v) is 8.89. The summed E-state index contributed by atoms with van der Waals surface area (Å²) in [5.74, 6) is -0.593. The number of ether oxygens (including phenoxy) is 2. The van der Waals surface area contributed by atoms with Gasteiger partial charge in [-0.3, -0.25) is 9.59 Å². The van der Waals surface area contributed by atoms with Crippen molar-refractivity contribution in [2.75, 3.05) is 13.2 Å². The molecule has 0 aliphatic rings. The molecule has 0 spiro atoms. The summed E-state index contributed by atoms with van der Waals surface area (Å²) in [6, 6.07) is 0. The van der Waals surface area contributed by atoms with Crippen LogP contribution in [-0.4, -0.2) is 36.4 Å². The van der Waals surface area contributed by atoms with Crippen LogP contribution in [0.2, 0.25) is 0 Å². The van der Waals surface area contributed by atoms with Gasteiger partial charge in [0.2, 0.25) is 0 Å². The minimum absolute atomic E-state index is 0.0641. The summed E-state index contributed by atoms with van der Waals surface area (Å²) in [6.07, 6.45) is 50.6. The van der Waals surface area contributed by atoms with E-state index in [1.807, 2.05) is 0 Å². The van der Waals surface area contributed by atoms with Crippen LogP contribution >= 0.6 is 0 Å². The maximum Gasteiger partial charge on any atom is 0.306 e. The molecule has 0 aromatic carbocycles. The Morgan fingerprint density at radius 2 is 0.878 bits per heavy atom. The average molecular weight is 687 g/mol. The average Bonchev–Trinajstić information content (AvgIpc) is 3.10. The normalized spacial score (nSPS) is 12.6. The number of allylic oxidation sites excluding steroid dienone is 8. The quantitative estimate of drug-likeness (QED) is 0.0400. The van der Waals surface area contributed by atoms with E-state index in [1.54, 1.807) is 0 Å². The molecular formula is C44H78O5. The second kappa shape index (κ2) is 40.3. The van der Waals surface area contributed by atoms with Crippen LogP contribution < -0.4 is 0 Å². The largest absolute Gasteiger partial charge is 0.462 e. The SMILES string of the molecule is CC/C=C\C/C=C\C/C=C\C/C=C\CCCCCCCCCCCCCCCCC(=O)OC(CO)COC(=O)CCCCCCCCCC. The fraction of sp³-hybridized carbons (Fsp3) is 0.773. The molecule has 0 saturated carbocycles. The first-order valence-corrected chi connectivity index (χ1v) is 20.7. The summed E-state index contributed by atoms with van der Waals surface area (Å²) in [4.78, 5) is 24.1. The Morgan fingerprint density at radius 3 is 1.33 bits per heavy atom. The Balaban J connectivity index is 3.47. The lowest BCUT2D eigenvalue weighted by molar-refractivity contribution is -0.161. The summed E-state index contributed by atoms with van der Waals surface area (Å²) in [5.41, 5.74) is 0. The van der Waals surface area contributed by atoms with E-state index in [-0.39, 0.29) is 25.2 Å². The zero-order valence-corrected chi connectivity index (χ0v) is 32.2. The molecule has 0 radical (unpaired) electrons. The Labute approximate surface area is 303 Å². The Hall–Kier alpha value is -2.14. The van der Waals surface area contributed by atoms with Gasteiger partial charge in [0, 0.05) is 12.8 Å². The molecule has 0 rings (SSSR count). The molecule has 1 N–H and O–H groups in total. The summed E-state index contributed by atoms with van der Waals surface area (Å²) in [7, 11) is 0.